The molecule has 0 bridgehead atoms. The average molecular weight is 570 g/mol. The van der Waals surface area contributed by atoms with E-state index in [2.05, 4.69) is 25.7 Å². The van der Waals surface area contributed by atoms with Gasteiger partial charge in [0.25, 0.3) is 5.91 Å². The molecule has 2 amide bonds. The zero-order valence-electron chi connectivity index (χ0n) is 22.8. The predicted molar refractivity (Wildman–Crippen MR) is 151 cm³/mol. The van der Waals surface area contributed by atoms with Crippen LogP contribution < -0.4 is 10.2 Å². The molecule has 6 rings (SSSR count). The lowest BCUT2D eigenvalue weighted by molar-refractivity contribution is -0.127. The highest BCUT2D eigenvalue weighted by Crippen LogP contribution is 2.30. The second kappa shape index (κ2) is 11.9. The number of carbonyl (C=O) groups excluding carboxylic acids is 2. The zero-order valence-corrected chi connectivity index (χ0v) is 22.8. The number of ether oxygens (including phenoxy) is 1. The van der Waals surface area contributed by atoms with Crippen molar-refractivity contribution >= 4 is 28.4 Å². The smallest absolute Gasteiger partial charge is 0.251 e. The molecule has 5 aromatic rings. The number of nitrogens with one attached hydrogen (secondary N) is 1. The Balaban J connectivity index is 1.38. The zero-order chi connectivity index (χ0) is 29.1. The Hall–Kier alpha value is -4.97. The molecule has 42 heavy (non-hydrogen) atoms. The van der Waals surface area contributed by atoms with Crippen molar-refractivity contribution in [3.8, 4) is 11.6 Å². The third-order valence-electron chi connectivity index (χ3n) is 7.03. The minimum Gasteiger partial charge on any atom is -0.458 e. The maximum atomic E-state index is 14.1. The second-order valence-electron chi connectivity index (χ2n) is 10.0. The van der Waals surface area contributed by atoms with Crippen molar-refractivity contribution in [3.05, 3.63) is 90.1 Å². The standard InChI is InChI=1S/C30H28FN7O4/c1-19-8-13-26(42-19)29-34-36-37(35-29)18-27(39)38(23-15-21-5-2-3-7-25(21)32-16-23)28(20-9-11-22(31)12-10-20)30(40)33-17-24-6-4-14-41-24/h2-3,5,7-13,15-16,24,28H,4,6,14,17-18H2,1H3,(H,33,40)/t24-,28-/m1/s1. The summed E-state index contributed by atoms with van der Waals surface area (Å²) in [5, 5.41) is 16.1. The van der Waals surface area contributed by atoms with E-state index in [4.69, 9.17) is 9.15 Å². The third kappa shape index (κ3) is 5.88. The van der Waals surface area contributed by atoms with Crippen molar-refractivity contribution in [1.82, 2.24) is 30.5 Å². The molecule has 3 aromatic heterocycles. The minimum atomic E-state index is -1.15. The summed E-state index contributed by atoms with van der Waals surface area (Å²) in [6.45, 7) is 2.38. The first-order valence-corrected chi connectivity index (χ1v) is 13.6. The van der Waals surface area contributed by atoms with Crippen LogP contribution in [0.1, 0.15) is 30.2 Å². The van der Waals surface area contributed by atoms with Crippen molar-refractivity contribution in [2.45, 2.75) is 38.5 Å². The van der Waals surface area contributed by atoms with Gasteiger partial charge in [-0.3, -0.25) is 19.5 Å². The number of amides is 2. The highest BCUT2D eigenvalue weighted by Gasteiger charge is 2.34. The number of benzene rings is 2. The number of nitrogens with zero attached hydrogens (tertiary/aromatic N) is 6. The highest BCUT2D eigenvalue weighted by atomic mass is 19.1. The first-order valence-electron chi connectivity index (χ1n) is 13.6. The van der Waals surface area contributed by atoms with Crippen LogP contribution in [0, 0.1) is 12.7 Å². The van der Waals surface area contributed by atoms with Crippen molar-refractivity contribution in [1.29, 1.82) is 0 Å². The molecule has 0 saturated carbocycles. The largest absolute Gasteiger partial charge is 0.458 e. The molecule has 1 fully saturated rings. The van der Waals surface area contributed by atoms with Gasteiger partial charge in [0, 0.05) is 18.5 Å². The van der Waals surface area contributed by atoms with Crippen LogP contribution in [0.5, 0.6) is 0 Å². The van der Waals surface area contributed by atoms with Gasteiger partial charge in [-0.15, -0.1) is 10.2 Å². The average Bonchev–Trinajstić information content (AvgIpc) is 3.78. The molecule has 1 aliphatic rings. The van der Waals surface area contributed by atoms with Gasteiger partial charge >= 0.3 is 0 Å². The lowest BCUT2D eigenvalue weighted by Gasteiger charge is -2.31. The van der Waals surface area contributed by atoms with E-state index in [9.17, 15) is 14.0 Å². The maximum Gasteiger partial charge on any atom is 0.251 e. The van der Waals surface area contributed by atoms with Crippen molar-refractivity contribution in [2.24, 2.45) is 0 Å². The summed E-state index contributed by atoms with van der Waals surface area (Å²) in [5.41, 5.74) is 1.52. The fraction of sp³-hybridized carbons (Fsp3) is 0.267. The predicted octanol–water partition coefficient (Wildman–Crippen LogP) is 4.00. The molecule has 214 valence electrons. The van der Waals surface area contributed by atoms with E-state index in [0.717, 1.165) is 28.5 Å². The topological polar surface area (TPSA) is 128 Å². The molecule has 11 nitrogen and oxygen atoms in total. The number of aromatic nitrogens is 5. The molecule has 1 aliphatic heterocycles. The number of anilines is 1. The number of rotatable bonds is 9. The summed E-state index contributed by atoms with van der Waals surface area (Å²) in [7, 11) is 0. The number of carbonyl (C=O) groups is 2. The van der Waals surface area contributed by atoms with Crippen LogP contribution in [0.2, 0.25) is 0 Å². The van der Waals surface area contributed by atoms with E-state index >= 15 is 0 Å². The maximum absolute atomic E-state index is 14.1. The monoisotopic (exact) mass is 569 g/mol. The van der Waals surface area contributed by atoms with Gasteiger partial charge in [0.15, 0.2) is 5.76 Å². The fourth-order valence-corrected chi connectivity index (χ4v) is 4.97. The van der Waals surface area contributed by atoms with Gasteiger partial charge in [0.05, 0.1) is 23.5 Å². The van der Waals surface area contributed by atoms with E-state index in [1.165, 1.54) is 35.4 Å². The van der Waals surface area contributed by atoms with E-state index in [1.54, 1.807) is 25.1 Å². The minimum absolute atomic E-state index is 0.114. The molecule has 0 aliphatic carbocycles. The van der Waals surface area contributed by atoms with Gasteiger partial charge in [-0.05, 0) is 66.9 Å². The van der Waals surface area contributed by atoms with E-state index < -0.39 is 23.7 Å². The molecule has 0 unspecified atom stereocenters. The van der Waals surface area contributed by atoms with Gasteiger partial charge in [0.1, 0.15) is 24.2 Å². The van der Waals surface area contributed by atoms with Crippen LogP contribution in [0.25, 0.3) is 22.5 Å². The summed E-state index contributed by atoms with van der Waals surface area (Å²) in [6, 6.07) is 17.1. The molecule has 0 radical (unpaired) electrons. The van der Waals surface area contributed by atoms with E-state index in [0.29, 0.717) is 29.4 Å². The SMILES string of the molecule is Cc1ccc(-c2nnn(CC(=O)N(c3cnc4ccccc4c3)[C@@H](C(=O)NC[C@H]3CCCO3)c3ccc(F)cc3)n2)o1. The summed E-state index contributed by atoms with van der Waals surface area (Å²) >= 11 is 0. The number of para-hydroxylation sites is 1. The molecule has 2 aromatic carbocycles. The lowest BCUT2D eigenvalue weighted by Crippen LogP contribution is -2.46. The first-order chi connectivity index (χ1) is 20.4. The number of hydrogen-bond acceptors (Lipinski definition) is 8. The molecule has 12 heteroatoms. The van der Waals surface area contributed by atoms with Crippen LogP contribution in [-0.2, 0) is 20.9 Å². The second-order valence-corrected chi connectivity index (χ2v) is 10.0. The summed E-state index contributed by atoms with van der Waals surface area (Å²) in [4.78, 5) is 35.0. The fourth-order valence-electron chi connectivity index (χ4n) is 4.97. The van der Waals surface area contributed by atoms with Gasteiger partial charge < -0.3 is 14.5 Å². The van der Waals surface area contributed by atoms with Crippen molar-refractivity contribution in [2.75, 3.05) is 18.1 Å². The highest BCUT2D eigenvalue weighted by molar-refractivity contribution is 6.02. The number of furan rings is 1. The molecule has 0 spiro atoms. The summed E-state index contributed by atoms with van der Waals surface area (Å²) in [6.07, 6.45) is 3.17. The number of halogens is 1. The quantitative estimate of drug-likeness (QED) is 0.282. The number of fused-ring (bicyclic) bond motifs is 1. The van der Waals surface area contributed by atoms with Gasteiger partial charge in [-0.2, -0.15) is 4.80 Å². The van der Waals surface area contributed by atoms with Gasteiger partial charge in [-0.1, -0.05) is 30.3 Å². The molecule has 1 saturated heterocycles. The number of aryl methyl sites for hydroxylation is 1. The Morgan fingerprint density at radius 2 is 1.98 bits per heavy atom. The van der Waals surface area contributed by atoms with Crippen LogP contribution in [0.4, 0.5) is 10.1 Å². The molecule has 1 N–H and O–H groups in total. The molecular weight excluding hydrogens is 541 g/mol. The van der Waals surface area contributed by atoms with Gasteiger partial charge in [-0.25, -0.2) is 4.39 Å². The summed E-state index contributed by atoms with van der Waals surface area (Å²) in [5.74, 6) is -0.0950. The van der Waals surface area contributed by atoms with Crippen LogP contribution in [-0.4, -0.2) is 56.3 Å². The first kappa shape index (κ1) is 27.2. The molecular formula is C30H28FN7O4. The van der Waals surface area contributed by atoms with E-state index in [-0.39, 0.29) is 25.0 Å². The Morgan fingerprint density at radius 1 is 1.14 bits per heavy atom. The summed E-state index contributed by atoms with van der Waals surface area (Å²) < 4.78 is 25.2. The van der Waals surface area contributed by atoms with Crippen LogP contribution >= 0.6 is 0 Å². The Kier molecular flexibility index (Phi) is 7.69. The van der Waals surface area contributed by atoms with Crippen molar-refractivity contribution in [3.63, 3.8) is 0 Å². The third-order valence-corrected chi connectivity index (χ3v) is 7.03. The van der Waals surface area contributed by atoms with Crippen molar-refractivity contribution < 1.29 is 23.1 Å². The van der Waals surface area contributed by atoms with Crippen LogP contribution in [0.3, 0.4) is 0 Å². The lowest BCUT2D eigenvalue weighted by atomic mass is 10.0. The Labute approximate surface area is 240 Å². The number of pyridine rings is 1. The van der Waals surface area contributed by atoms with Crippen LogP contribution in [0.15, 0.2) is 77.3 Å². The Morgan fingerprint density at radius 3 is 2.74 bits per heavy atom. The number of hydrogen-bond donors (Lipinski definition) is 1. The molecule has 4 heterocycles. The van der Waals surface area contributed by atoms with E-state index in [1.807, 2.05) is 24.3 Å². The molecule has 2 atom stereocenters. The number of tetrazole rings is 1. The normalized spacial score (nSPS) is 15.5. The Bertz CT molecular complexity index is 1710. The van der Waals surface area contributed by atoms with Gasteiger partial charge in [0.2, 0.25) is 11.7 Å².